The van der Waals surface area contributed by atoms with Crippen LogP contribution in [-0.2, 0) is 4.79 Å². The molecule has 1 unspecified atom stereocenters. The molecule has 2 aliphatic rings. The number of likely N-dealkylation sites (tertiary alicyclic amines) is 1. The number of fused-ring (bicyclic) bond motifs is 1. The van der Waals surface area contributed by atoms with Crippen LogP contribution in [-0.4, -0.2) is 53.7 Å². The van der Waals surface area contributed by atoms with Gasteiger partial charge in [0.05, 0.1) is 17.5 Å². The zero-order valence-corrected chi connectivity index (χ0v) is 15.0. The third-order valence-corrected chi connectivity index (χ3v) is 5.84. The van der Waals surface area contributed by atoms with Gasteiger partial charge < -0.3 is 14.9 Å². The summed E-state index contributed by atoms with van der Waals surface area (Å²) in [7, 11) is 0. The molecule has 0 saturated carbocycles. The van der Waals surface area contributed by atoms with E-state index < -0.39 is 0 Å². The lowest BCUT2D eigenvalue weighted by Crippen LogP contribution is -2.50. The highest BCUT2D eigenvalue weighted by atomic mass is 19.1. The second-order valence-electron chi connectivity index (χ2n) is 7.53. The van der Waals surface area contributed by atoms with Gasteiger partial charge in [-0.25, -0.2) is 9.37 Å². The molecule has 0 bridgehead atoms. The van der Waals surface area contributed by atoms with E-state index >= 15 is 0 Å². The molecular weight excluding hydrogens is 333 g/mol. The van der Waals surface area contributed by atoms with Crippen LogP contribution in [0.25, 0.3) is 10.9 Å². The number of β-amino-alcohol motifs (C(OH)–C–C–N with tert-alkyl or cyclic N) is 1. The first-order chi connectivity index (χ1) is 12.5. The van der Waals surface area contributed by atoms with Crippen molar-refractivity contribution in [2.24, 2.45) is 5.41 Å². The Hall–Kier alpha value is -2.21. The van der Waals surface area contributed by atoms with Crippen molar-refractivity contribution in [1.82, 2.24) is 9.88 Å². The van der Waals surface area contributed by atoms with E-state index in [1.807, 2.05) is 13.0 Å². The number of amides is 1. The maximum absolute atomic E-state index is 13.6. The number of hydrogen-bond donors (Lipinski definition) is 1. The van der Waals surface area contributed by atoms with Gasteiger partial charge >= 0.3 is 0 Å². The molecule has 2 aliphatic heterocycles. The Morgan fingerprint density at radius 3 is 2.92 bits per heavy atom. The highest BCUT2D eigenvalue weighted by molar-refractivity contribution is 5.86. The normalized spacial score (nSPS) is 23.4. The average molecular weight is 357 g/mol. The van der Waals surface area contributed by atoms with E-state index in [1.165, 1.54) is 12.1 Å². The first-order valence-electron chi connectivity index (χ1n) is 9.24. The number of rotatable bonds is 3. The number of anilines is 1. The highest BCUT2D eigenvalue weighted by Crippen LogP contribution is 2.41. The molecular formula is C20H24FN3O2. The number of aliphatic hydroxyl groups excluding tert-OH is 1. The predicted octanol–water partition coefficient (Wildman–Crippen LogP) is 2.49. The van der Waals surface area contributed by atoms with Crippen LogP contribution in [0, 0.1) is 18.2 Å². The molecule has 2 saturated heterocycles. The molecule has 2 fully saturated rings. The van der Waals surface area contributed by atoms with Crippen LogP contribution in [0.2, 0.25) is 0 Å². The number of nitrogens with zero attached hydrogens (tertiary/aromatic N) is 3. The number of hydrogen-bond acceptors (Lipinski definition) is 4. The van der Waals surface area contributed by atoms with Gasteiger partial charge in [-0.2, -0.15) is 0 Å². The van der Waals surface area contributed by atoms with Crippen LogP contribution in [0.1, 0.15) is 24.8 Å². The smallest absolute Gasteiger partial charge is 0.230 e. The van der Waals surface area contributed by atoms with Gasteiger partial charge in [-0.15, -0.1) is 0 Å². The van der Waals surface area contributed by atoms with Crippen LogP contribution in [0.3, 0.4) is 0 Å². The quantitative estimate of drug-likeness (QED) is 0.917. The Balaban J connectivity index is 1.62. The number of piperidine rings is 1. The molecule has 3 heterocycles. The summed E-state index contributed by atoms with van der Waals surface area (Å²) in [4.78, 5) is 21.6. The van der Waals surface area contributed by atoms with Crippen molar-refractivity contribution in [3.63, 3.8) is 0 Å². The molecule has 0 radical (unpaired) electrons. The molecule has 1 amide bonds. The highest BCUT2D eigenvalue weighted by Gasteiger charge is 2.48. The Bertz CT molecular complexity index is 854. The first kappa shape index (κ1) is 17.2. The molecule has 6 heteroatoms. The summed E-state index contributed by atoms with van der Waals surface area (Å²) in [6.07, 6.45) is 2.65. The second-order valence-corrected chi connectivity index (χ2v) is 7.53. The van der Waals surface area contributed by atoms with Crippen LogP contribution >= 0.6 is 0 Å². The van der Waals surface area contributed by atoms with E-state index in [-0.39, 0.29) is 23.7 Å². The van der Waals surface area contributed by atoms with Crippen molar-refractivity contribution < 1.29 is 14.3 Å². The van der Waals surface area contributed by atoms with Gasteiger partial charge in [0, 0.05) is 37.6 Å². The molecule has 1 atom stereocenters. The van der Waals surface area contributed by atoms with Crippen LogP contribution < -0.4 is 4.90 Å². The van der Waals surface area contributed by atoms with Crippen molar-refractivity contribution in [3.05, 3.63) is 35.6 Å². The molecule has 0 aliphatic carbocycles. The summed E-state index contributed by atoms with van der Waals surface area (Å²) in [5.74, 6) is 0.676. The lowest BCUT2D eigenvalue weighted by atomic mass is 9.78. The van der Waals surface area contributed by atoms with E-state index in [4.69, 9.17) is 0 Å². The minimum absolute atomic E-state index is 0.00250. The van der Waals surface area contributed by atoms with Gasteiger partial charge in [-0.05, 0) is 49.9 Å². The number of benzene rings is 1. The Morgan fingerprint density at radius 2 is 2.12 bits per heavy atom. The predicted molar refractivity (Wildman–Crippen MR) is 98.6 cm³/mol. The van der Waals surface area contributed by atoms with Crippen molar-refractivity contribution >= 4 is 22.6 Å². The Labute approximate surface area is 152 Å². The zero-order chi connectivity index (χ0) is 18.3. The number of halogens is 1. The van der Waals surface area contributed by atoms with E-state index in [1.54, 1.807) is 11.0 Å². The number of aliphatic hydroxyl groups is 1. The van der Waals surface area contributed by atoms with E-state index in [0.717, 1.165) is 49.1 Å². The molecule has 2 aromatic rings. The standard InChI is InChI=1S/C20H24FN3O2/c1-14-11-18(22-17-12-15(21)3-4-16(14)17)24-8-6-20(13-24)5-2-7-23(9-10-25)19(20)26/h3-4,11-12,25H,2,5-10,13H2,1H3. The number of carbonyl (C=O) groups excluding carboxylic acids is 1. The van der Waals surface area contributed by atoms with Gasteiger partial charge in [-0.3, -0.25) is 4.79 Å². The fourth-order valence-corrected chi connectivity index (χ4v) is 4.45. The maximum Gasteiger partial charge on any atom is 0.230 e. The fourth-order valence-electron chi connectivity index (χ4n) is 4.45. The molecule has 26 heavy (non-hydrogen) atoms. The third kappa shape index (κ3) is 2.82. The third-order valence-electron chi connectivity index (χ3n) is 5.84. The van der Waals surface area contributed by atoms with Crippen molar-refractivity contribution in [2.75, 3.05) is 37.7 Å². The van der Waals surface area contributed by atoms with Gasteiger partial charge in [0.1, 0.15) is 11.6 Å². The average Bonchev–Trinajstić information content (AvgIpc) is 3.04. The summed E-state index contributed by atoms with van der Waals surface area (Å²) in [5, 5.41) is 10.2. The SMILES string of the molecule is Cc1cc(N2CCC3(CCCN(CCO)C3=O)C2)nc2cc(F)ccc12. The van der Waals surface area contributed by atoms with Gasteiger partial charge in [-0.1, -0.05) is 0 Å². The second kappa shape index (κ2) is 6.50. The van der Waals surface area contributed by atoms with Crippen molar-refractivity contribution in [1.29, 1.82) is 0 Å². The summed E-state index contributed by atoms with van der Waals surface area (Å²) in [6, 6.07) is 6.71. The minimum Gasteiger partial charge on any atom is -0.395 e. The van der Waals surface area contributed by atoms with Gasteiger partial charge in [0.2, 0.25) is 5.91 Å². The molecule has 4 rings (SSSR count). The fraction of sp³-hybridized carbons (Fsp3) is 0.500. The topological polar surface area (TPSA) is 56.7 Å². The molecule has 5 nitrogen and oxygen atoms in total. The lowest BCUT2D eigenvalue weighted by Gasteiger charge is -2.39. The monoisotopic (exact) mass is 357 g/mol. The molecule has 138 valence electrons. The van der Waals surface area contributed by atoms with Crippen LogP contribution in [0.5, 0.6) is 0 Å². The number of aromatic nitrogens is 1. The van der Waals surface area contributed by atoms with Crippen LogP contribution in [0.4, 0.5) is 10.2 Å². The summed E-state index contributed by atoms with van der Waals surface area (Å²) >= 11 is 0. The largest absolute Gasteiger partial charge is 0.395 e. The van der Waals surface area contributed by atoms with Gasteiger partial charge in [0.25, 0.3) is 0 Å². The van der Waals surface area contributed by atoms with E-state index in [0.29, 0.717) is 18.6 Å². The summed E-state index contributed by atoms with van der Waals surface area (Å²) in [6.45, 7) is 4.56. The summed E-state index contributed by atoms with van der Waals surface area (Å²) in [5.41, 5.74) is 1.33. The molecule has 1 spiro atoms. The molecule has 1 N–H and O–H groups in total. The Morgan fingerprint density at radius 1 is 1.27 bits per heavy atom. The lowest BCUT2D eigenvalue weighted by molar-refractivity contribution is -0.145. The van der Waals surface area contributed by atoms with E-state index in [2.05, 4.69) is 9.88 Å². The Kier molecular flexibility index (Phi) is 4.31. The number of carbonyl (C=O) groups is 1. The summed E-state index contributed by atoms with van der Waals surface area (Å²) < 4.78 is 13.6. The number of aryl methyl sites for hydroxylation is 1. The molecule has 1 aromatic carbocycles. The minimum atomic E-state index is -0.375. The van der Waals surface area contributed by atoms with Crippen LogP contribution in [0.15, 0.2) is 24.3 Å². The molecule has 1 aromatic heterocycles. The van der Waals surface area contributed by atoms with Crippen molar-refractivity contribution in [3.8, 4) is 0 Å². The maximum atomic E-state index is 13.6. The zero-order valence-electron chi connectivity index (χ0n) is 15.0. The first-order valence-corrected chi connectivity index (χ1v) is 9.24. The van der Waals surface area contributed by atoms with Crippen molar-refractivity contribution in [2.45, 2.75) is 26.2 Å². The van der Waals surface area contributed by atoms with Gasteiger partial charge in [0.15, 0.2) is 0 Å². The van der Waals surface area contributed by atoms with E-state index in [9.17, 15) is 14.3 Å². The number of pyridine rings is 1.